The van der Waals surface area contributed by atoms with E-state index >= 15 is 0 Å². The van der Waals surface area contributed by atoms with Crippen molar-refractivity contribution in [3.63, 3.8) is 0 Å². The van der Waals surface area contributed by atoms with Gasteiger partial charge in [0.05, 0.1) is 0 Å². The molecule has 5 heteroatoms. The van der Waals surface area contributed by atoms with E-state index in [9.17, 15) is 14.7 Å². The molecule has 3 rings (SSSR count). The number of carboxylic acids is 1. The second kappa shape index (κ2) is 8.46. The number of rotatable bonds is 7. The normalized spacial score (nSPS) is 14.9. The predicted octanol–water partition coefficient (Wildman–Crippen LogP) is 4.66. The Morgan fingerprint density at radius 2 is 1.54 bits per heavy atom. The summed E-state index contributed by atoms with van der Waals surface area (Å²) in [6.07, 6.45) is -0.317. The maximum Gasteiger partial charge on any atom is 0.407 e. The molecular formula is C23H27NO4. The number of fused-ring (bicyclic) bond motifs is 3. The standard InChI is InChI=1S/C23H27NO4/c1-14(2)15(3)12-21(22(25)26)24-23(27)28-13-20-18-10-6-4-8-16(18)17-9-5-7-11-19(17)20/h4-11,14-15,20-21H,12-13H2,1-3H3,(H,24,27)(H,25,26). The first-order valence-electron chi connectivity index (χ1n) is 9.72. The highest BCUT2D eigenvalue weighted by molar-refractivity contribution is 5.81. The molecule has 0 bridgehead atoms. The molecule has 0 aliphatic heterocycles. The molecule has 0 heterocycles. The lowest BCUT2D eigenvalue weighted by atomic mass is 9.91. The molecule has 2 aromatic carbocycles. The summed E-state index contributed by atoms with van der Waals surface area (Å²) in [5.41, 5.74) is 4.56. The zero-order valence-corrected chi connectivity index (χ0v) is 16.5. The number of alkyl carbamates (subject to hydrolysis) is 1. The topological polar surface area (TPSA) is 75.6 Å². The van der Waals surface area contributed by atoms with Crippen LogP contribution in [0.2, 0.25) is 0 Å². The van der Waals surface area contributed by atoms with Crippen molar-refractivity contribution in [3.05, 3.63) is 59.7 Å². The SMILES string of the molecule is CC(C)C(C)CC(NC(=O)OCC1c2ccccc2-c2ccccc21)C(=O)O. The third-order valence-electron chi connectivity index (χ3n) is 5.68. The van der Waals surface area contributed by atoms with Crippen molar-refractivity contribution in [2.45, 2.75) is 39.2 Å². The molecule has 28 heavy (non-hydrogen) atoms. The van der Waals surface area contributed by atoms with Gasteiger partial charge < -0.3 is 15.2 Å². The number of aliphatic carboxylic acids is 1. The van der Waals surface area contributed by atoms with Crippen LogP contribution in [0.3, 0.4) is 0 Å². The van der Waals surface area contributed by atoms with Gasteiger partial charge in [-0.25, -0.2) is 9.59 Å². The van der Waals surface area contributed by atoms with Gasteiger partial charge in [-0.2, -0.15) is 0 Å². The van der Waals surface area contributed by atoms with Gasteiger partial charge in [0.2, 0.25) is 0 Å². The number of hydrogen-bond acceptors (Lipinski definition) is 3. The number of nitrogens with one attached hydrogen (secondary N) is 1. The molecule has 0 saturated carbocycles. The molecule has 0 spiro atoms. The van der Waals surface area contributed by atoms with Crippen molar-refractivity contribution in [1.29, 1.82) is 0 Å². The minimum absolute atomic E-state index is 0.0454. The van der Waals surface area contributed by atoms with Crippen LogP contribution in [0.1, 0.15) is 44.2 Å². The summed E-state index contributed by atoms with van der Waals surface area (Å²) < 4.78 is 5.45. The van der Waals surface area contributed by atoms with Gasteiger partial charge in [0.1, 0.15) is 12.6 Å². The van der Waals surface area contributed by atoms with Gasteiger partial charge in [0.25, 0.3) is 0 Å². The Bertz CT molecular complexity index is 816. The monoisotopic (exact) mass is 381 g/mol. The lowest BCUT2D eigenvalue weighted by Gasteiger charge is -2.21. The van der Waals surface area contributed by atoms with Crippen LogP contribution in [0.25, 0.3) is 11.1 Å². The maximum absolute atomic E-state index is 12.3. The lowest BCUT2D eigenvalue weighted by molar-refractivity contribution is -0.139. The van der Waals surface area contributed by atoms with E-state index in [0.29, 0.717) is 12.3 Å². The summed E-state index contributed by atoms with van der Waals surface area (Å²) in [4.78, 5) is 23.8. The Kier molecular flexibility index (Phi) is 6.02. The van der Waals surface area contributed by atoms with Gasteiger partial charge in [-0.05, 0) is 40.5 Å². The van der Waals surface area contributed by atoms with E-state index in [4.69, 9.17) is 4.74 Å². The highest BCUT2D eigenvalue weighted by atomic mass is 16.5. The minimum atomic E-state index is -1.04. The number of carbonyl (C=O) groups excluding carboxylic acids is 1. The zero-order chi connectivity index (χ0) is 20.3. The van der Waals surface area contributed by atoms with Crippen molar-refractivity contribution in [2.24, 2.45) is 11.8 Å². The summed E-state index contributed by atoms with van der Waals surface area (Å²) in [7, 11) is 0. The summed E-state index contributed by atoms with van der Waals surface area (Å²) >= 11 is 0. The highest BCUT2D eigenvalue weighted by Gasteiger charge is 2.30. The van der Waals surface area contributed by atoms with Crippen LogP contribution >= 0.6 is 0 Å². The molecule has 0 saturated heterocycles. The molecule has 1 aliphatic rings. The molecule has 1 aliphatic carbocycles. The van der Waals surface area contributed by atoms with E-state index in [0.717, 1.165) is 22.3 Å². The molecule has 0 radical (unpaired) electrons. The first-order valence-corrected chi connectivity index (χ1v) is 9.72. The number of amides is 1. The Morgan fingerprint density at radius 1 is 1.00 bits per heavy atom. The predicted molar refractivity (Wildman–Crippen MR) is 108 cm³/mol. The van der Waals surface area contributed by atoms with E-state index in [1.54, 1.807) is 0 Å². The van der Waals surface area contributed by atoms with Crippen molar-refractivity contribution in [2.75, 3.05) is 6.61 Å². The average molecular weight is 381 g/mol. The quantitative estimate of drug-likeness (QED) is 0.731. The molecule has 1 amide bonds. The van der Waals surface area contributed by atoms with Gasteiger partial charge in [0.15, 0.2) is 0 Å². The second-order valence-corrected chi connectivity index (χ2v) is 7.82. The van der Waals surface area contributed by atoms with Gasteiger partial charge in [-0.1, -0.05) is 69.3 Å². The lowest BCUT2D eigenvalue weighted by Crippen LogP contribution is -2.42. The van der Waals surface area contributed by atoms with Crippen LogP contribution in [-0.2, 0) is 9.53 Å². The second-order valence-electron chi connectivity index (χ2n) is 7.82. The Labute approximate surface area is 165 Å². The molecule has 0 aromatic heterocycles. The average Bonchev–Trinajstić information content (AvgIpc) is 2.99. The molecular weight excluding hydrogens is 354 g/mol. The van der Waals surface area contributed by atoms with Crippen LogP contribution in [0.15, 0.2) is 48.5 Å². The Morgan fingerprint density at radius 3 is 2.04 bits per heavy atom. The Balaban J connectivity index is 1.67. The van der Waals surface area contributed by atoms with E-state index in [1.807, 2.05) is 57.2 Å². The van der Waals surface area contributed by atoms with Crippen molar-refractivity contribution < 1.29 is 19.4 Å². The molecule has 148 valence electrons. The van der Waals surface area contributed by atoms with Crippen LogP contribution in [-0.4, -0.2) is 29.8 Å². The molecule has 0 fully saturated rings. The van der Waals surface area contributed by atoms with Crippen LogP contribution in [0.5, 0.6) is 0 Å². The fourth-order valence-electron chi connectivity index (χ4n) is 3.65. The van der Waals surface area contributed by atoms with E-state index in [2.05, 4.69) is 17.4 Å². The number of carbonyl (C=O) groups is 2. The van der Waals surface area contributed by atoms with Crippen molar-refractivity contribution in [3.8, 4) is 11.1 Å². The largest absolute Gasteiger partial charge is 0.480 e. The third kappa shape index (κ3) is 4.19. The highest BCUT2D eigenvalue weighted by Crippen LogP contribution is 2.44. The first kappa shape index (κ1) is 19.9. The maximum atomic E-state index is 12.3. The molecule has 5 nitrogen and oxygen atoms in total. The summed E-state index contributed by atoms with van der Waals surface area (Å²) in [6, 6.07) is 15.2. The van der Waals surface area contributed by atoms with Crippen molar-refractivity contribution >= 4 is 12.1 Å². The van der Waals surface area contributed by atoms with Crippen LogP contribution in [0, 0.1) is 11.8 Å². The number of carboxylic acid groups (broad SMARTS) is 1. The molecule has 2 aromatic rings. The molecule has 2 atom stereocenters. The number of hydrogen-bond donors (Lipinski definition) is 2. The van der Waals surface area contributed by atoms with Gasteiger partial charge in [-0.3, -0.25) is 0 Å². The molecule has 2 N–H and O–H groups in total. The van der Waals surface area contributed by atoms with Crippen molar-refractivity contribution in [1.82, 2.24) is 5.32 Å². The fourth-order valence-corrected chi connectivity index (χ4v) is 3.65. The van der Waals surface area contributed by atoms with E-state index in [-0.39, 0.29) is 18.4 Å². The smallest absolute Gasteiger partial charge is 0.407 e. The number of benzene rings is 2. The zero-order valence-electron chi connectivity index (χ0n) is 16.5. The van der Waals surface area contributed by atoms with Gasteiger partial charge in [-0.15, -0.1) is 0 Å². The summed E-state index contributed by atoms with van der Waals surface area (Å²) in [5.74, 6) is -0.571. The van der Waals surface area contributed by atoms with Crippen LogP contribution in [0.4, 0.5) is 4.79 Å². The van der Waals surface area contributed by atoms with E-state index in [1.165, 1.54) is 0 Å². The minimum Gasteiger partial charge on any atom is -0.480 e. The van der Waals surface area contributed by atoms with Gasteiger partial charge in [0, 0.05) is 5.92 Å². The van der Waals surface area contributed by atoms with E-state index < -0.39 is 18.1 Å². The number of ether oxygens (including phenoxy) is 1. The fraction of sp³-hybridized carbons (Fsp3) is 0.391. The molecule has 2 unspecified atom stereocenters. The Hall–Kier alpha value is -2.82. The van der Waals surface area contributed by atoms with Gasteiger partial charge >= 0.3 is 12.1 Å². The third-order valence-corrected chi connectivity index (χ3v) is 5.68. The summed E-state index contributed by atoms with van der Waals surface area (Å²) in [6.45, 7) is 6.24. The van der Waals surface area contributed by atoms with Crippen LogP contribution < -0.4 is 5.32 Å². The summed E-state index contributed by atoms with van der Waals surface area (Å²) in [5, 5.41) is 11.9. The first-order chi connectivity index (χ1) is 13.4.